The number of hydrogen-bond donors (Lipinski definition) is 1. The standard InChI is InChI=1S/C16H25FO/c1-5-7-9-13-12(8-6-2)10-14(18)15(11(3)4)16(13)17/h10-11,18H,5-9H2,1-4H3. The van der Waals surface area contributed by atoms with E-state index in [0.29, 0.717) is 5.56 Å². The molecule has 0 aliphatic rings. The Labute approximate surface area is 110 Å². The number of aromatic hydroxyl groups is 1. The van der Waals surface area contributed by atoms with Gasteiger partial charge in [0.2, 0.25) is 0 Å². The summed E-state index contributed by atoms with van der Waals surface area (Å²) in [4.78, 5) is 0. The molecule has 0 aliphatic heterocycles. The van der Waals surface area contributed by atoms with Crippen molar-refractivity contribution in [2.24, 2.45) is 0 Å². The molecule has 1 aromatic rings. The van der Waals surface area contributed by atoms with Crippen LogP contribution in [0.15, 0.2) is 6.07 Å². The minimum absolute atomic E-state index is 0.0149. The van der Waals surface area contributed by atoms with E-state index in [-0.39, 0.29) is 17.5 Å². The van der Waals surface area contributed by atoms with Crippen LogP contribution in [0.25, 0.3) is 0 Å². The summed E-state index contributed by atoms with van der Waals surface area (Å²) in [5, 5.41) is 9.98. The minimum Gasteiger partial charge on any atom is -0.508 e. The monoisotopic (exact) mass is 252 g/mol. The number of hydrogen-bond acceptors (Lipinski definition) is 1. The zero-order chi connectivity index (χ0) is 13.7. The second-order valence-electron chi connectivity index (χ2n) is 5.27. The first-order chi connectivity index (χ1) is 8.52. The number of halogens is 1. The molecule has 1 rings (SSSR count). The predicted molar refractivity (Wildman–Crippen MR) is 74.8 cm³/mol. The van der Waals surface area contributed by atoms with Crippen LogP contribution in [-0.4, -0.2) is 5.11 Å². The van der Waals surface area contributed by atoms with Crippen LogP contribution in [0.5, 0.6) is 5.75 Å². The molecular weight excluding hydrogens is 227 g/mol. The maximum Gasteiger partial charge on any atom is 0.133 e. The number of unbranched alkanes of at least 4 members (excludes halogenated alkanes) is 1. The van der Waals surface area contributed by atoms with E-state index in [2.05, 4.69) is 13.8 Å². The number of aryl methyl sites for hydroxylation is 1. The molecule has 0 fully saturated rings. The molecule has 102 valence electrons. The van der Waals surface area contributed by atoms with Gasteiger partial charge in [-0.05, 0) is 42.4 Å². The Kier molecular flexibility index (Phi) is 5.64. The zero-order valence-electron chi connectivity index (χ0n) is 12.0. The van der Waals surface area contributed by atoms with Crippen LogP contribution in [0.1, 0.15) is 69.6 Å². The van der Waals surface area contributed by atoms with Gasteiger partial charge >= 0.3 is 0 Å². The molecule has 0 aliphatic carbocycles. The van der Waals surface area contributed by atoms with E-state index in [4.69, 9.17) is 0 Å². The summed E-state index contributed by atoms with van der Waals surface area (Å²) < 4.78 is 14.5. The Balaban J connectivity index is 3.27. The summed E-state index contributed by atoms with van der Waals surface area (Å²) in [5.41, 5.74) is 2.27. The van der Waals surface area contributed by atoms with Crippen LogP contribution in [-0.2, 0) is 12.8 Å². The zero-order valence-corrected chi connectivity index (χ0v) is 12.0. The van der Waals surface area contributed by atoms with Crippen molar-refractivity contribution in [1.82, 2.24) is 0 Å². The van der Waals surface area contributed by atoms with Gasteiger partial charge in [0.1, 0.15) is 11.6 Å². The Morgan fingerprint density at radius 1 is 1.17 bits per heavy atom. The number of benzene rings is 1. The van der Waals surface area contributed by atoms with Crippen LogP contribution in [0.2, 0.25) is 0 Å². The van der Waals surface area contributed by atoms with Gasteiger partial charge in [-0.3, -0.25) is 0 Å². The molecule has 18 heavy (non-hydrogen) atoms. The summed E-state index contributed by atoms with van der Waals surface area (Å²) in [6.45, 7) is 8.03. The average Bonchev–Trinajstić information content (AvgIpc) is 2.28. The molecule has 2 heteroatoms. The Morgan fingerprint density at radius 2 is 1.83 bits per heavy atom. The van der Waals surface area contributed by atoms with Crippen LogP contribution >= 0.6 is 0 Å². The smallest absolute Gasteiger partial charge is 0.133 e. The molecule has 0 atom stereocenters. The van der Waals surface area contributed by atoms with Crippen molar-refractivity contribution in [1.29, 1.82) is 0 Å². The van der Waals surface area contributed by atoms with E-state index in [1.54, 1.807) is 6.07 Å². The van der Waals surface area contributed by atoms with Crippen LogP contribution in [0.4, 0.5) is 4.39 Å². The molecule has 0 radical (unpaired) electrons. The molecule has 1 aromatic carbocycles. The van der Waals surface area contributed by atoms with E-state index in [1.165, 1.54) is 0 Å². The van der Waals surface area contributed by atoms with Crippen LogP contribution < -0.4 is 0 Å². The highest BCUT2D eigenvalue weighted by Gasteiger charge is 2.19. The fraction of sp³-hybridized carbons (Fsp3) is 0.625. The van der Waals surface area contributed by atoms with Gasteiger partial charge in [0.15, 0.2) is 0 Å². The SMILES string of the molecule is CCCCc1c(CCC)cc(O)c(C(C)C)c1F. The van der Waals surface area contributed by atoms with Crippen molar-refractivity contribution >= 4 is 0 Å². The second kappa shape index (κ2) is 6.77. The maximum atomic E-state index is 14.5. The van der Waals surface area contributed by atoms with Crippen molar-refractivity contribution in [3.05, 3.63) is 28.6 Å². The molecule has 0 bridgehead atoms. The van der Waals surface area contributed by atoms with Gasteiger partial charge in [-0.25, -0.2) is 4.39 Å². The first kappa shape index (κ1) is 15.0. The van der Waals surface area contributed by atoms with Gasteiger partial charge < -0.3 is 5.11 Å². The third-order valence-electron chi connectivity index (χ3n) is 3.35. The number of phenols is 1. The minimum atomic E-state index is -0.179. The van der Waals surface area contributed by atoms with Gasteiger partial charge in [0, 0.05) is 5.56 Å². The number of phenolic OH excluding ortho intramolecular Hbond substituents is 1. The molecule has 1 nitrogen and oxygen atoms in total. The molecule has 0 aromatic heterocycles. The van der Waals surface area contributed by atoms with Crippen molar-refractivity contribution in [3.8, 4) is 5.75 Å². The van der Waals surface area contributed by atoms with Gasteiger partial charge in [-0.15, -0.1) is 0 Å². The van der Waals surface area contributed by atoms with E-state index < -0.39 is 0 Å². The lowest BCUT2D eigenvalue weighted by atomic mass is 9.91. The number of rotatable bonds is 6. The predicted octanol–water partition coefficient (Wildman–Crippen LogP) is 4.95. The van der Waals surface area contributed by atoms with Gasteiger partial charge in [-0.2, -0.15) is 0 Å². The molecule has 0 saturated heterocycles. The van der Waals surface area contributed by atoms with E-state index >= 15 is 0 Å². The topological polar surface area (TPSA) is 20.2 Å². The summed E-state index contributed by atoms with van der Waals surface area (Å²) in [6, 6.07) is 1.77. The molecule has 0 spiro atoms. The molecule has 0 unspecified atom stereocenters. The first-order valence-electron chi connectivity index (χ1n) is 7.05. The molecule has 1 N–H and O–H groups in total. The van der Waals surface area contributed by atoms with Gasteiger partial charge in [0.05, 0.1) is 0 Å². The highest BCUT2D eigenvalue weighted by atomic mass is 19.1. The lowest BCUT2D eigenvalue weighted by molar-refractivity contribution is 0.450. The third kappa shape index (κ3) is 3.24. The molecule has 0 amide bonds. The van der Waals surface area contributed by atoms with E-state index in [9.17, 15) is 9.50 Å². The second-order valence-corrected chi connectivity index (χ2v) is 5.27. The van der Waals surface area contributed by atoms with Crippen molar-refractivity contribution in [2.45, 2.75) is 65.7 Å². The van der Waals surface area contributed by atoms with Crippen molar-refractivity contribution < 1.29 is 9.50 Å². The van der Waals surface area contributed by atoms with E-state index in [0.717, 1.165) is 43.2 Å². The highest BCUT2D eigenvalue weighted by Crippen LogP contribution is 2.33. The van der Waals surface area contributed by atoms with Crippen molar-refractivity contribution in [3.63, 3.8) is 0 Å². The largest absolute Gasteiger partial charge is 0.508 e. The molecule has 0 saturated carbocycles. The third-order valence-corrected chi connectivity index (χ3v) is 3.35. The lowest BCUT2D eigenvalue weighted by Gasteiger charge is -2.17. The van der Waals surface area contributed by atoms with Crippen LogP contribution in [0, 0.1) is 5.82 Å². The molecular formula is C16H25FO. The highest BCUT2D eigenvalue weighted by molar-refractivity contribution is 5.45. The fourth-order valence-electron chi connectivity index (χ4n) is 2.41. The summed E-state index contributed by atoms with van der Waals surface area (Å²) in [6.07, 6.45) is 4.64. The molecule has 0 heterocycles. The Hall–Kier alpha value is -1.05. The summed E-state index contributed by atoms with van der Waals surface area (Å²) in [5.74, 6) is -0.0471. The maximum absolute atomic E-state index is 14.5. The Bertz CT molecular complexity index is 397. The Morgan fingerprint density at radius 3 is 2.33 bits per heavy atom. The summed E-state index contributed by atoms with van der Waals surface area (Å²) >= 11 is 0. The quantitative estimate of drug-likeness (QED) is 0.759. The van der Waals surface area contributed by atoms with Crippen LogP contribution in [0.3, 0.4) is 0 Å². The van der Waals surface area contributed by atoms with Gasteiger partial charge in [0.25, 0.3) is 0 Å². The van der Waals surface area contributed by atoms with Crippen molar-refractivity contribution in [2.75, 3.05) is 0 Å². The van der Waals surface area contributed by atoms with Gasteiger partial charge in [-0.1, -0.05) is 40.5 Å². The summed E-state index contributed by atoms with van der Waals surface area (Å²) in [7, 11) is 0. The van der Waals surface area contributed by atoms with E-state index in [1.807, 2.05) is 13.8 Å². The first-order valence-corrected chi connectivity index (χ1v) is 7.05. The normalized spacial score (nSPS) is 11.2. The fourth-order valence-corrected chi connectivity index (χ4v) is 2.41. The lowest BCUT2D eigenvalue weighted by Crippen LogP contribution is -2.05. The average molecular weight is 252 g/mol.